The quantitative estimate of drug-likeness (QED) is 0.424. The zero-order chi connectivity index (χ0) is 21.9. The molecule has 0 radical (unpaired) electrons. The molecule has 160 valence electrons. The van der Waals surface area contributed by atoms with E-state index in [0.717, 1.165) is 16.6 Å². The smallest absolute Gasteiger partial charge is 0.240 e. The number of nitrogens with one attached hydrogen (secondary N) is 2. The van der Waals surface area contributed by atoms with Crippen LogP contribution in [0.25, 0.3) is 16.6 Å². The van der Waals surface area contributed by atoms with Crippen LogP contribution in [0.15, 0.2) is 90.1 Å². The number of rotatable bonds is 8. The summed E-state index contributed by atoms with van der Waals surface area (Å²) in [5, 5.41) is 4.05. The van der Waals surface area contributed by atoms with E-state index in [0.29, 0.717) is 5.69 Å². The van der Waals surface area contributed by atoms with E-state index in [1.54, 1.807) is 47.2 Å². The third-order valence-corrected chi connectivity index (χ3v) is 7.37. The third kappa shape index (κ3) is 5.10. The molecule has 0 aliphatic rings. The van der Waals surface area contributed by atoms with E-state index in [1.807, 2.05) is 30.3 Å². The van der Waals surface area contributed by atoms with E-state index in [2.05, 4.69) is 14.5 Å². The highest BCUT2D eigenvalue weighted by Crippen LogP contribution is 2.21. The highest BCUT2D eigenvalue weighted by atomic mass is 32.2. The van der Waals surface area contributed by atoms with Crippen LogP contribution in [-0.2, 0) is 20.0 Å². The molecule has 10 heteroatoms. The first-order valence-corrected chi connectivity index (χ1v) is 12.6. The maximum atomic E-state index is 12.5. The van der Waals surface area contributed by atoms with Gasteiger partial charge in [-0.1, -0.05) is 42.5 Å². The predicted molar refractivity (Wildman–Crippen MR) is 120 cm³/mol. The van der Waals surface area contributed by atoms with Gasteiger partial charge in [-0.05, 0) is 41.5 Å². The van der Waals surface area contributed by atoms with Crippen molar-refractivity contribution in [3.05, 3.63) is 85.2 Å². The van der Waals surface area contributed by atoms with Gasteiger partial charge in [0.05, 0.1) is 21.9 Å². The Morgan fingerprint density at radius 2 is 1.55 bits per heavy atom. The van der Waals surface area contributed by atoms with Gasteiger partial charge in [-0.25, -0.2) is 26.1 Å². The molecule has 0 aliphatic heterocycles. The topological polar surface area (TPSA) is 110 Å². The second kappa shape index (κ2) is 8.50. The molecule has 31 heavy (non-hydrogen) atoms. The number of pyridine rings is 1. The SMILES string of the molecule is O=S(=O)(CCNS(=O)(=O)c1ccc(-c2ccccc2)cc1)Nc1ccn2nccc2c1. The van der Waals surface area contributed by atoms with Crippen molar-refractivity contribution in [2.45, 2.75) is 4.90 Å². The van der Waals surface area contributed by atoms with Gasteiger partial charge in [-0.3, -0.25) is 4.72 Å². The Labute approximate surface area is 180 Å². The van der Waals surface area contributed by atoms with E-state index < -0.39 is 25.8 Å². The number of anilines is 1. The summed E-state index contributed by atoms with van der Waals surface area (Å²) in [5.41, 5.74) is 2.99. The van der Waals surface area contributed by atoms with Gasteiger partial charge in [0.15, 0.2) is 0 Å². The lowest BCUT2D eigenvalue weighted by Crippen LogP contribution is -2.31. The van der Waals surface area contributed by atoms with E-state index in [4.69, 9.17) is 0 Å². The number of fused-ring (bicyclic) bond motifs is 1. The largest absolute Gasteiger partial charge is 0.283 e. The van der Waals surface area contributed by atoms with Gasteiger partial charge in [0.25, 0.3) is 0 Å². The van der Waals surface area contributed by atoms with Gasteiger partial charge in [0, 0.05) is 18.9 Å². The third-order valence-electron chi connectivity index (χ3n) is 4.61. The number of nitrogens with zero attached hydrogens (tertiary/aromatic N) is 2. The highest BCUT2D eigenvalue weighted by molar-refractivity contribution is 7.92. The lowest BCUT2D eigenvalue weighted by molar-refractivity contribution is 0.582. The Hall–Kier alpha value is -3.21. The van der Waals surface area contributed by atoms with Crippen LogP contribution in [0.5, 0.6) is 0 Å². The van der Waals surface area contributed by atoms with E-state index in [-0.39, 0.29) is 11.4 Å². The molecule has 2 aromatic heterocycles. The maximum Gasteiger partial charge on any atom is 0.240 e. The summed E-state index contributed by atoms with van der Waals surface area (Å²) in [7, 11) is -7.57. The van der Waals surface area contributed by atoms with Crippen LogP contribution >= 0.6 is 0 Å². The van der Waals surface area contributed by atoms with Crippen molar-refractivity contribution in [2.75, 3.05) is 17.0 Å². The zero-order valence-corrected chi connectivity index (χ0v) is 18.0. The molecule has 0 atom stereocenters. The molecule has 0 saturated carbocycles. The molecule has 0 fully saturated rings. The van der Waals surface area contributed by atoms with Crippen LogP contribution in [-0.4, -0.2) is 38.7 Å². The number of benzene rings is 2. The molecule has 4 aromatic rings. The minimum absolute atomic E-state index is 0.0729. The monoisotopic (exact) mass is 456 g/mol. The predicted octanol–water partition coefficient (Wildman–Crippen LogP) is 2.72. The van der Waals surface area contributed by atoms with Crippen LogP contribution in [0.3, 0.4) is 0 Å². The standard InChI is InChI=1S/C21H20N4O4S2/c26-30(27,24-19-11-14-25-20(16-19)10-12-22-25)15-13-23-31(28,29)21-8-6-18(7-9-21)17-4-2-1-3-5-17/h1-12,14,16,23-24H,13,15H2. The van der Waals surface area contributed by atoms with Crippen molar-refractivity contribution < 1.29 is 16.8 Å². The van der Waals surface area contributed by atoms with Crippen LogP contribution in [0.2, 0.25) is 0 Å². The fourth-order valence-electron chi connectivity index (χ4n) is 3.07. The molecule has 0 unspecified atom stereocenters. The molecular formula is C21H20N4O4S2. The fraction of sp³-hybridized carbons (Fsp3) is 0.0952. The van der Waals surface area contributed by atoms with Crippen molar-refractivity contribution in [3.63, 3.8) is 0 Å². The number of hydrogen-bond donors (Lipinski definition) is 2. The summed E-state index contributed by atoms with van der Waals surface area (Å²) in [5.74, 6) is -0.404. The Kier molecular flexibility index (Phi) is 5.77. The highest BCUT2D eigenvalue weighted by Gasteiger charge is 2.17. The molecule has 0 saturated heterocycles. The second-order valence-corrected chi connectivity index (χ2v) is 10.4. The van der Waals surface area contributed by atoms with Gasteiger partial charge < -0.3 is 0 Å². The van der Waals surface area contributed by atoms with E-state index in [9.17, 15) is 16.8 Å². The normalized spacial score (nSPS) is 12.1. The first-order chi connectivity index (χ1) is 14.8. The Bertz CT molecular complexity index is 1400. The first kappa shape index (κ1) is 21.0. The summed E-state index contributed by atoms with van der Waals surface area (Å²) < 4.78 is 56.1. The molecule has 8 nitrogen and oxygen atoms in total. The molecule has 0 amide bonds. The summed E-state index contributed by atoms with van der Waals surface area (Å²) in [6.07, 6.45) is 3.24. The van der Waals surface area contributed by atoms with Crippen LogP contribution in [0.1, 0.15) is 0 Å². The van der Waals surface area contributed by atoms with Crippen molar-refractivity contribution in [2.24, 2.45) is 0 Å². The molecule has 2 heterocycles. The van der Waals surface area contributed by atoms with Gasteiger partial charge >= 0.3 is 0 Å². The van der Waals surface area contributed by atoms with Crippen LogP contribution in [0, 0.1) is 0 Å². The lowest BCUT2D eigenvalue weighted by Gasteiger charge is -2.10. The van der Waals surface area contributed by atoms with Crippen LogP contribution < -0.4 is 9.44 Å². The van der Waals surface area contributed by atoms with Gasteiger partial charge in [-0.15, -0.1) is 0 Å². The van der Waals surface area contributed by atoms with E-state index in [1.165, 1.54) is 12.1 Å². The minimum atomic E-state index is -3.83. The van der Waals surface area contributed by atoms with Crippen molar-refractivity contribution in [1.82, 2.24) is 14.3 Å². The average molecular weight is 457 g/mol. The first-order valence-electron chi connectivity index (χ1n) is 9.41. The Balaban J connectivity index is 1.37. The summed E-state index contributed by atoms with van der Waals surface area (Å²) in [6.45, 7) is -0.257. The number of hydrogen-bond acceptors (Lipinski definition) is 5. The van der Waals surface area contributed by atoms with Crippen molar-refractivity contribution in [1.29, 1.82) is 0 Å². The van der Waals surface area contributed by atoms with Gasteiger partial charge in [0.2, 0.25) is 20.0 Å². The fourth-order valence-corrected chi connectivity index (χ4v) is 5.19. The van der Waals surface area contributed by atoms with Gasteiger partial charge in [-0.2, -0.15) is 5.10 Å². The molecule has 2 N–H and O–H groups in total. The van der Waals surface area contributed by atoms with Gasteiger partial charge in [0.1, 0.15) is 0 Å². The van der Waals surface area contributed by atoms with E-state index >= 15 is 0 Å². The van der Waals surface area contributed by atoms with Crippen molar-refractivity contribution >= 4 is 31.3 Å². The number of aromatic nitrogens is 2. The zero-order valence-electron chi connectivity index (χ0n) is 16.3. The van der Waals surface area contributed by atoms with Crippen molar-refractivity contribution in [3.8, 4) is 11.1 Å². The summed E-state index contributed by atoms with van der Waals surface area (Å²) in [6, 6.07) is 21.0. The maximum absolute atomic E-state index is 12.5. The molecule has 0 aliphatic carbocycles. The Morgan fingerprint density at radius 1 is 0.839 bits per heavy atom. The molecule has 0 bridgehead atoms. The lowest BCUT2D eigenvalue weighted by atomic mass is 10.1. The molecule has 0 spiro atoms. The van der Waals surface area contributed by atoms with Crippen LogP contribution in [0.4, 0.5) is 5.69 Å². The molecule has 4 rings (SSSR count). The second-order valence-electron chi connectivity index (χ2n) is 6.83. The average Bonchev–Trinajstić information content (AvgIpc) is 3.22. The number of sulfonamides is 2. The molecular weight excluding hydrogens is 436 g/mol. The summed E-state index contributed by atoms with van der Waals surface area (Å²) >= 11 is 0. The minimum Gasteiger partial charge on any atom is -0.283 e. The Morgan fingerprint density at radius 3 is 2.29 bits per heavy atom. The molecule has 2 aromatic carbocycles. The summed E-state index contributed by atoms with van der Waals surface area (Å²) in [4.78, 5) is 0.0729.